The molecule has 0 aliphatic carbocycles. The van der Waals surface area contributed by atoms with Crippen molar-refractivity contribution in [3.05, 3.63) is 36.2 Å². The molecular weight excluding hydrogens is 200 g/mol. The van der Waals surface area contributed by atoms with E-state index < -0.39 is 0 Å². The summed E-state index contributed by atoms with van der Waals surface area (Å²) in [6.45, 7) is 2.93. The molecule has 0 unspecified atom stereocenters. The highest BCUT2D eigenvalue weighted by atomic mass is 15.3. The Labute approximate surface area is 94.2 Å². The third kappa shape index (κ3) is 1.94. The van der Waals surface area contributed by atoms with Crippen molar-refractivity contribution < 1.29 is 0 Å². The summed E-state index contributed by atoms with van der Waals surface area (Å²) in [5.41, 5.74) is 1.58. The molecule has 80 valence electrons. The van der Waals surface area contributed by atoms with Gasteiger partial charge < -0.3 is 0 Å². The fourth-order valence-electron chi connectivity index (χ4n) is 1.59. The summed E-state index contributed by atoms with van der Waals surface area (Å²) in [6, 6.07) is 9.54. The second kappa shape index (κ2) is 4.58. The molecule has 0 saturated carbocycles. The van der Waals surface area contributed by atoms with Crippen LogP contribution in [0.3, 0.4) is 0 Å². The molecule has 0 N–H and O–H groups in total. The molecule has 2 aromatic rings. The van der Waals surface area contributed by atoms with E-state index in [-0.39, 0.29) is 0 Å². The predicted octanol–water partition coefficient (Wildman–Crippen LogP) is 2.23. The van der Waals surface area contributed by atoms with Crippen molar-refractivity contribution in [2.24, 2.45) is 0 Å². The number of nitriles is 1. The van der Waals surface area contributed by atoms with Gasteiger partial charge in [0.05, 0.1) is 11.6 Å². The van der Waals surface area contributed by atoms with Crippen LogP contribution in [0, 0.1) is 11.3 Å². The maximum Gasteiger partial charge on any atom is 0.158 e. The number of aromatic nitrogens is 3. The largest absolute Gasteiger partial charge is 0.246 e. The number of benzene rings is 1. The predicted molar refractivity (Wildman–Crippen MR) is 60.5 cm³/mol. The van der Waals surface area contributed by atoms with Crippen LogP contribution in [0.2, 0.25) is 0 Å². The number of rotatable bonds is 3. The van der Waals surface area contributed by atoms with Crippen LogP contribution in [0.1, 0.15) is 18.9 Å². The molecule has 0 aliphatic rings. The van der Waals surface area contributed by atoms with Gasteiger partial charge in [0.1, 0.15) is 6.33 Å². The molecule has 0 amide bonds. The SMILES string of the molecule is CCCn1ncnc1-c1cccc(C#N)c1. The summed E-state index contributed by atoms with van der Waals surface area (Å²) in [4.78, 5) is 4.22. The minimum Gasteiger partial charge on any atom is -0.246 e. The first kappa shape index (κ1) is 10.4. The van der Waals surface area contributed by atoms with Crippen LogP contribution < -0.4 is 0 Å². The second-order valence-corrected chi connectivity index (χ2v) is 3.50. The lowest BCUT2D eigenvalue weighted by Gasteiger charge is -2.04. The summed E-state index contributed by atoms with van der Waals surface area (Å²) < 4.78 is 1.86. The minimum atomic E-state index is 0.642. The average Bonchev–Trinajstić information content (AvgIpc) is 2.78. The first-order valence-corrected chi connectivity index (χ1v) is 5.23. The minimum absolute atomic E-state index is 0.642. The number of nitrogens with zero attached hydrogens (tertiary/aromatic N) is 4. The van der Waals surface area contributed by atoms with E-state index in [9.17, 15) is 0 Å². The van der Waals surface area contributed by atoms with Gasteiger partial charge in [-0.2, -0.15) is 10.4 Å². The standard InChI is InChI=1S/C12H12N4/c1-2-6-16-12(14-9-15-16)11-5-3-4-10(7-11)8-13/h3-5,7,9H,2,6H2,1H3. The summed E-state index contributed by atoms with van der Waals surface area (Å²) in [6.07, 6.45) is 2.55. The van der Waals surface area contributed by atoms with Gasteiger partial charge in [-0.15, -0.1) is 0 Å². The fraction of sp³-hybridized carbons (Fsp3) is 0.250. The maximum absolute atomic E-state index is 8.84. The van der Waals surface area contributed by atoms with Crippen molar-refractivity contribution in [1.82, 2.24) is 14.8 Å². The smallest absolute Gasteiger partial charge is 0.158 e. The molecule has 2 rings (SSSR count). The first-order chi connectivity index (χ1) is 7.85. The molecule has 0 fully saturated rings. The van der Waals surface area contributed by atoms with Crippen LogP contribution in [-0.4, -0.2) is 14.8 Å². The Morgan fingerprint density at radius 2 is 2.31 bits per heavy atom. The van der Waals surface area contributed by atoms with Gasteiger partial charge in [-0.1, -0.05) is 19.1 Å². The lowest BCUT2D eigenvalue weighted by molar-refractivity contribution is 0.608. The molecule has 4 heteroatoms. The van der Waals surface area contributed by atoms with Gasteiger partial charge in [-0.05, 0) is 18.6 Å². The van der Waals surface area contributed by atoms with Crippen LogP contribution in [0.15, 0.2) is 30.6 Å². The van der Waals surface area contributed by atoms with E-state index in [4.69, 9.17) is 5.26 Å². The molecule has 0 aliphatic heterocycles. The van der Waals surface area contributed by atoms with Crippen LogP contribution in [0.5, 0.6) is 0 Å². The number of aryl methyl sites for hydroxylation is 1. The molecule has 0 bridgehead atoms. The molecule has 1 aromatic carbocycles. The molecule has 1 heterocycles. The molecule has 4 nitrogen and oxygen atoms in total. The van der Waals surface area contributed by atoms with Gasteiger partial charge in [0.2, 0.25) is 0 Å². The Balaban J connectivity index is 2.42. The molecular formula is C12H12N4. The molecule has 0 atom stereocenters. The third-order valence-corrected chi connectivity index (χ3v) is 2.30. The lowest BCUT2D eigenvalue weighted by Crippen LogP contribution is -2.01. The lowest BCUT2D eigenvalue weighted by atomic mass is 10.1. The zero-order valence-corrected chi connectivity index (χ0v) is 9.09. The highest BCUT2D eigenvalue weighted by molar-refractivity contribution is 5.57. The van der Waals surface area contributed by atoms with Crippen molar-refractivity contribution in [2.45, 2.75) is 19.9 Å². The normalized spacial score (nSPS) is 10.0. The average molecular weight is 212 g/mol. The monoisotopic (exact) mass is 212 g/mol. The number of hydrogen-bond acceptors (Lipinski definition) is 3. The van der Waals surface area contributed by atoms with Crippen LogP contribution >= 0.6 is 0 Å². The highest BCUT2D eigenvalue weighted by Crippen LogP contribution is 2.17. The summed E-state index contributed by atoms with van der Waals surface area (Å²) in [7, 11) is 0. The molecule has 0 radical (unpaired) electrons. The van der Waals surface area contributed by atoms with Crippen LogP contribution in [0.4, 0.5) is 0 Å². The van der Waals surface area contributed by atoms with E-state index in [1.807, 2.05) is 22.9 Å². The Kier molecular flexibility index (Phi) is 2.97. The van der Waals surface area contributed by atoms with Gasteiger partial charge in [0.15, 0.2) is 5.82 Å². The quantitative estimate of drug-likeness (QED) is 0.783. The van der Waals surface area contributed by atoms with E-state index in [0.29, 0.717) is 5.56 Å². The zero-order chi connectivity index (χ0) is 11.4. The van der Waals surface area contributed by atoms with Gasteiger partial charge >= 0.3 is 0 Å². The van der Waals surface area contributed by atoms with E-state index in [2.05, 4.69) is 23.1 Å². The molecule has 0 saturated heterocycles. The van der Waals surface area contributed by atoms with Gasteiger partial charge in [-0.25, -0.2) is 9.67 Å². The molecule has 0 spiro atoms. The number of hydrogen-bond donors (Lipinski definition) is 0. The van der Waals surface area contributed by atoms with Crippen molar-refractivity contribution in [2.75, 3.05) is 0 Å². The highest BCUT2D eigenvalue weighted by Gasteiger charge is 2.06. The van der Waals surface area contributed by atoms with Crippen LogP contribution in [0.25, 0.3) is 11.4 Å². The van der Waals surface area contributed by atoms with E-state index in [1.54, 1.807) is 12.4 Å². The van der Waals surface area contributed by atoms with E-state index in [1.165, 1.54) is 0 Å². The Bertz CT molecular complexity index is 522. The van der Waals surface area contributed by atoms with E-state index >= 15 is 0 Å². The fourth-order valence-corrected chi connectivity index (χ4v) is 1.59. The molecule has 16 heavy (non-hydrogen) atoms. The van der Waals surface area contributed by atoms with Gasteiger partial charge in [-0.3, -0.25) is 0 Å². The topological polar surface area (TPSA) is 54.5 Å². The third-order valence-electron chi connectivity index (χ3n) is 2.30. The Morgan fingerprint density at radius 3 is 3.06 bits per heavy atom. The van der Waals surface area contributed by atoms with Gasteiger partial charge in [0.25, 0.3) is 0 Å². The Morgan fingerprint density at radius 1 is 1.44 bits per heavy atom. The van der Waals surface area contributed by atoms with Crippen molar-refractivity contribution in [3.8, 4) is 17.5 Å². The first-order valence-electron chi connectivity index (χ1n) is 5.23. The summed E-state index contributed by atoms with van der Waals surface area (Å²) in [5.74, 6) is 0.818. The second-order valence-electron chi connectivity index (χ2n) is 3.50. The van der Waals surface area contributed by atoms with Crippen molar-refractivity contribution in [3.63, 3.8) is 0 Å². The zero-order valence-electron chi connectivity index (χ0n) is 9.09. The van der Waals surface area contributed by atoms with Crippen LogP contribution in [-0.2, 0) is 6.54 Å². The molecule has 1 aromatic heterocycles. The Hall–Kier alpha value is -2.15. The summed E-state index contributed by atoms with van der Waals surface area (Å²) in [5, 5.41) is 13.0. The van der Waals surface area contributed by atoms with Gasteiger partial charge in [0, 0.05) is 12.1 Å². The van der Waals surface area contributed by atoms with Crippen molar-refractivity contribution in [1.29, 1.82) is 5.26 Å². The van der Waals surface area contributed by atoms with E-state index in [0.717, 1.165) is 24.4 Å². The van der Waals surface area contributed by atoms with Crippen molar-refractivity contribution >= 4 is 0 Å². The summed E-state index contributed by atoms with van der Waals surface area (Å²) >= 11 is 0. The maximum atomic E-state index is 8.84.